The molecule has 0 aliphatic carbocycles. The standard InChI is InChI=1S/C15H23N3O3/c1-20-8-3-13-9-15(21-11-13)4-7-17(12-15)14(19)10-18-6-2-5-16-18/h2,5-6,13H,3-4,7-12H2,1H3/t13-,15+/m1/s1. The minimum Gasteiger partial charge on any atom is -0.385 e. The highest BCUT2D eigenvalue weighted by atomic mass is 16.5. The number of carbonyl (C=O) groups is 1. The summed E-state index contributed by atoms with van der Waals surface area (Å²) in [6, 6.07) is 1.83. The summed E-state index contributed by atoms with van der Waals surface area (Å²) < 4.78 is 12.9. The van der Waals surface area contributed by atoms with Crippen LogP contribution in [0.25, 0.3) is 0 Å². The molecule has 21 heavy (non-hydrogen) atoms. The molecule has 0 bridgehead atoms. The third-order valence-electron chi connectivity index (χ3n) is 4.54. The Morgan fingerprint density at radius 2 is 2.48 bits per heavy atom. The second-order valence-electron chi connectivity index (χ2n) is 6.11. The van der Waals surface area contributed by atoms with Crippen molar-refractivity contribution in [2.24, 2.45) is 5.92 Å². The van der Waals surface area contributed by atoms with Gasteiger partial charge in [-0.3, -0.25) is 9.48 Å². The van der Waals surface area contributed by atoms with E-state index < -0.39 is 0 Å². The molecule has 3 rings (SSSR count). The third kappa shape index (κ3) is 3.27. The first-order chi connectivity index (χ1) is 10.2. The number of amides is 1. The second-order valence-corrected chi connectivity index (χ2v) is 6.11. The Morgan fingerprint density at radius 1 is 1.57 bits per heavy atom. The van der Waals surface area contributed by atoms with E-state index in [2.05, 4.69) is 5.10 Å². The summed E-state index contributed by atoms with van der Waals surface area (Å²) in [5.41, 5.74) is -0.113. The van der Waals surface area contributed by atoms with Crippen molar-refractivity contribution in [2.75, 3.05) is 33.4 Å². The van der Waals surface area contributed by atoms with Crippen molar-refractivity contribution >= 4 is 5.91 Å². The third-order valence-corrected chi connectivity index (χ3v) is 4.54. The van der Waals surface area contributed by atoms with E-state index in [-0.39, 0.29) is 11.5 Å². The Labute approximate surface area is 125 Å². The van der Waals surface area contributed by atoms with E-state index in [1.54, 1.807) is 18.0 Å². The van der Waals surface area contributed by atoms with Gasteiger partial charge in [-0.05, 0) is 31.2 Å². The number of likely N-dealkylation sites (tertiary alicyclic amines) is 1. The summed E-state index contributed by atoms with van der Waals surface area (Å²) >= 11 is 0. The molecule has 3 heterocycles. The van der Waals surface area contributed by atoms with Crippen molar-refractivity contribution in [1.82, 2.24) is 14.7 Å². The van der Waals surface area contributed by atoms with Gasteiger partial charge >= 0.3 is 0 Å². The van der Waals surface area contributed by atoms with Crippen LogP contribution in [-0.2, 0) is 20.8 Å². The fraction of sp³-hybridized carbons (Fsp3) is 0.733. The van der Waals surface area contributed by atoms with Crippen LogP contribution >= 0.6 is 0 Å². The van der Waals surface area contributed by atoms with Crippen LogP contribution in [0.4, 0.5) is 0 Å². The number of carbonyl (C=O) groups excluding carboxylic acids is 1. The SMILES string of the molecule is COCC[C@H]1CO[C@@]2(CCN(C(=O)Cn3cccn3)C2)C1. The number of rotatable bonds is 5. The molecule has 0 aromatic carbocycles. The summed E-state index contributed by atoms with van der Waals surface area (Å²) in [7, 11) is 1.73. The molecule has 0 N–H and O–H groups in total. The van der Waals surface area contributed by atoms with Crippen LogP contribution in [0.5, 0.6) is 0 Å². The fourth-order valence-corrected chi connectivity index (χ4v) is 3.38. The van der Waals surface area contributed by atoms with Crippen LogP contribution in [0.15, 0.2) is 18.5 Å². The zero-order valence-electron chi connectivity index (χ0n) is 12.5. The molecule has 1 aromatic rings. The summed E-state index contributed by atoms with van der Waals surface area (Å²) in [5, 5.41) is 4.09. The maximum absolute atomic E-state index is 12.3. The Hall–Kier alpha value is -1.40. The highest BCUT2D eigenvalue weighted by molar-refractivity contribution is 5.76. The Balaban J connectivity index is 1.52. The van der Waals surface area contributed by atoms with Crippen molar-refractivity contribution in [3.63, 3.8) is 0 Å². The predicted molar refractivity (Wildman–Crippen MR) is 76.7 cm³/mol. The minimum absolute atomic E-state index is 0.113. The van der Waals surface area contributed by atoms with Gasteiger partial charge in [-0.2, -0.15) is 5.10 Å². The lowest BCUT2D eigenvalue weighted by Gasteiger charge is -2.23. The van der Waals surface area contributed by atoms with Crippen LogP contribution in [0.3, 0.4) is 0 Å². The second kappa shape index (κ2) is 6.15. The highest BCUT2D eigenvalue weighted by Gasteiger charge is 2.46. The number of nitrogens with zero attached hydrogens (tertiary/aromatic N) is 3. The molecular formula is C15H23N3O3. The molecule has 6 nitrogen and oxygen atoms in total. The summed E-state index contributed by atoms with van der Waals surface area (Å²) in [4.78, 5) is 14.2. The van der Waals surface area contributed by atoms with Crippen molar-refractivity contribution in [3.05, 3.63) is 18.5 Å². The van der Waals surface area contributed by atoms with E-state index >= 15 is 0 Å². The van der Waals surface area contributed by atoms with E-state index in [0.29, 0.717) is 12.5 Å². The van der Waals surface area contributed by atoms with Crippen molar-refractivity contribution in [2.45, 2.75) is 31.4 Å². The van der Waals surface area contributed by atoms with Gasteiger partial charge in [0.25, 0.3) is 0 Å². The molecule has 1 aromatic heterocycles. The smallest absolute Gasteiger partial charge is 0.244 e. The van der Waals surface area contributed by atoms with Gasteiger partial charge in [0, 0.05) is 39.2 Å². The largest absolute Gasteiger partial charge is 0.385 e. The molecular weight excluding hydrogens is 270 g/mol. The van der Waals surface area contributed by atoms with Gasteiger partial charge in [-0.15, -0.1) is 0 Å². The van der Waals surface area contributed by atoms with Crippen molar-refractivity contribution < 1.29 is 14.3 Å². The molecule has 0 unspecified atom stereocenters. The average Bonchev–Trinajstić information content (AvgIpc) is 3.20. The molecule has 6 heteroatoms. The molecule has 1 spiro atoms. The molecule has 1 amide bonds. The van der Waals surface area contributed by atoms with Gasteiger partial charge in [0.15, 0.2) is 0 Å². The van der Waals surface area contributed by atoms with E-state index in [9.17, 15) is 4.79 Å². The van der Waals surface area contributed by atoms with Crippen LogP contribution in [0.2, 0.25) is 0 Å². The van der Waals surface area contributed by atoms with Gasteiger partial charge in [0.2, 0.25) is 5.91 Å². The molecule has 2 aliphatic rings. The van der Waals surface area contributed by atoms with Gasteiger partial charge in [0.1, 0.15) is 6.54 Å². The van der Waals surface area contributed by atoms with Gasteiger partial charge in [0.05, 0.1) is 12.2 Å². The molecule has 0 saturated carbocycles. The van der Waals surface area contributed by atoms with Crippen molar-refractivity contribution in [3.8, 4) is 0 Å². The summed E-state index contributed by atoms with van der Waals surface area (Å²) in [6.45, 7) is 3.40. The Kier molecular flexibility index (Phi) is 4.26. The minimum atomic E-state index is -0.113. The quantitative estimate of drug-likeness (QED) is 0.810. The van der Waals surface area contributed by atoms with E-state index in [1.165, 1.54) is 0 Å². The maximum Gasteiger partial charge on any atom is 0.244 e. The Bertz CT molecular complexity index is 477. The number of hydrogen-bond donors (Lipinski definition) is 0. The van der Waals surface area contributed by atoms with Crippen LogP contribution in [0, 0.1) is 5.92 Å². The molecule has 2 saturated heterocycles. The zero-order chi connectivity index (χ0) is 14.7. The van der Waals surface area contributed by atoms with Crippen molar-refractivity contribution in [1.29, 1.82) is 0 Å². The lowest BCUT2D eigenvalue weighted by molar-refractivity contribution is -0.132. The zero-order valence-corrected chi connectivity index (χ0v) is 12.5. The fourth-order valence-electron chi connectivity index (χ4n) is 3.38. The number of methoxy groups -OCH3 is 1. The van der Waals surface area contributed by atoms with E-state index in [0.717, 1.165) is 45.6 Å². The average molecular weight is 293 g/mol. The number of aromatic nitrogens is 2. The lowest BCUT2D eigenvalue weighted by atomic mass is 9.92. The summed E-state index contributed by atoms with van der Waals surface area (Å²) in [6.07, 6.45) is 6.54. The lowest BCUT2D eigenvalue weighted by Crippen LogP contribution is -2.37. The molecule has 2 atom stereocenters. The monoisotopic (exact) mass is 293 g/mol. The normalized spacial score (nSPS) is 28.6. The molecule has 2 aliphatic heterocycles. The van der Waals surface area contributed by atoms with E-state index in [4.69, 9.17) is 9.47 Å². The van der Waals surface area contributed by atoms with E-state index in [1.807, 2.05) is 17.2 Å². The number of ether oxygens (including phenoxy) is 2. The first-order valence-corrected chi connectivity index (χ1v) is 7.59. The van der Waals surface area contributed by atoms with Gasteiger partial charge < -0.3 is 14.4 Å². The first kappa shape index (κ1) is 14.5. The van der Waals surface area contributed by atoms with Crippen LogP contribution < -0.4 is 0 Å². The predicted octanol–water partition coefficient (Wildman–Crippen LogP) is 0.927. The van der Waals surface area contributed by atoms with Crippen LogP contribution in [0.1, 0.15) is 19.3 Å². The Morgan fingerprint density at radius 3 is 3.24 bits per heavy atom. The summed E-state index contributed by atoms with van der Waals surface area (Å²) in [5.74, 6) is 0.686. The molecule has 2 fully saturated rings. The topological polar surface area (TPSA) is 56.6 Å². The number of hydrogen-bond acceptors (Lipinski definition) is 4. The molecule has 116 valence electrons. The highest BCUT2D eigenvalue weighted by Crippen LogP contribution is 2.39. The molecule has 0 radical (unpaired) electrons. The maximum atomic E-state index is 12.3. The van der Waals surface area contributed by atoms with Gasteiger partial charge in [-0.25, -0.2) is 0 Å². The first-order valence-electron chi connectivity index (χ1n) is 7.59. The van der Waals surface area contributed by atoms with Crippen LogP contribution in [-0.4, -0.2) is 59.6 Å². The van der Waals surface area contributed by atoms with Gasteiger partial charge in [-0.1, -0.05) is 0 Å².